The van der Waals surface area contributed by atoms with Crippen molar-refractivity contribution in [3.05, 3.63) is 23.8 Å². The highest BCUT2D eigenvalue weighted by atomic mass is 16.3. The van der Waals surface area contributed by atoms with E-state index in [4.69, 9.17) is 5.11 Å². The van der Waals surface area contributed by atoms with E-state index in [0.29, 0.717) is 12.8 Å². The van der Waals surface area contributed by atoms with Crippen molar-refractivity contribution in [3.63, 3.8) is 0 Å². The van der Waals surface area contributed by atoms with Crippen LogP contribution in [0.25, 0.3) is 0 Å². The second kappa shape index (κ2) is 4.82. The number of phenolic OH excluding ortho intramolecular Hbond substituents is 2. The molecule has 0 aliphatic rings. The Hall–Kier alpha value is -1.51. The van der Waals surface area contributed by atoms with Gasteiger partial charge >= 0.3 is 0 Å². The third kappa shape index (κ3) is 3.27. The molecule has 0 aliphatic carbocycles. The molecule has 0 saturated carbocycles. The zero-order valence-electron chi connectivity index (χ0n) is 9.03. The molecule has 0 heterocycles. The largest absolute Gasteiger partial charge is 0.504 e. The Labute approximate surface area is 89.4 Å². The third-order valence-electron chi connectivity index (χ3n) is 2.34. The van der Waals surface area contributed by atoms with Crippen molar-refractivity contribution in [2.45, 2.75) is 26.7 Å². The van der Waals surface area contributed by atoms with Crippen LogP contribution in [0.15, 0.2) is 18.2 Å². The second-order valence-electron chi connectivity index (χ2n) is 3.94. The molecule has 1 aromatic rings. The average molecular weight is 208 g/mol. The number of benzene rings is 1. The summed E-state index contributed by atoms with van der Waals surface area (Å²) >= 11 is 0. The number of phenols is 2. The molecule has 82 valence electrons. The highest BCUT2D eigenvalue weighted by Crippen LogP contribution is 2.25. The zero-order chi connectivity index (χ0) is 11.4. The molecular weight excluding hydrogens is 192 g/mol. The molecule has 0 radical (unpaired) electrons. The molecule has 0 unspecified atom stereocenters. The minimum atomic E-state index is -0.135. The van der Waals surface area contributed by atoms with Gasteiger partial charge in [0.15, 0.2) is 11.5 Å². The van der Waals surface area contributed by atoms with Crippen LogP contribution in [0.2, 0.25) is 0 Å². The molecule has 0 amide bonds. The molecule has 0 spiro atoms. The number of rotatable bonds is 4. The van der Waals surface area contributed by atoms with Crippen LogP contribution >= 0.6 is 0 Å². The number of carbonyl (C=O) groups is 1. The lowest BCUT2D eigenvalue weighted by molar-refractivity contribution is -0.121. The number of carbonyl (C=O) groups excluding carboxylic acids is 1. The van der Waals surface area contributed by atoms with E-state index >= 15 is 0 Å². The fourth-order valence-corrected chi connectivity index (χ4v) is 1.28. The van der Waals surface area contributed by atoms with Crippen LogP contribution in [0.1, 0.15) is 25.8 Å². The van der Waals surface area contributed by atoms with Gasteiger partial charge in [0, 0.05) is 12.3 Å². The van der Waals surface area contributed by atoms with E-state index in [9.17, 15) is 9.90 Å². The summed E-state index contributed by atoms with van der Waals surface area (Å²) in [6, 6.07) is 4.64. The summed E-state index contributed by atoms with van der Waals surface area (Å²) in [5, 5.41) is 18.3. The molecule has 0 aliphatic heterocycles. The highest BCUT2D eigenvalue weighted by molar-refractivity contribution is 5.80. The molecule has 2 N–H and O–H groups in total. The fourth-order valence-electron chi connectivity index (χ4n) is 1.28. The van der Waals surface area contributed by atoms with Crippen LogP contribution in [0.5, 0.6) is 11.5 Å². The summed E-state index contributed by atoms with van der Waals surface area (Å²) in [6.45, 7) is 3.74. The Morgan fingerprint density at radius 3 is 2.47 bits per heavy atom. The molecule has 1 rings (SSSR count). The number of hydrogen-bond acceptors (Lipinski definition) is 3. The van der Waals surface area contributed by atoms with Crippen molar-refractivity contribution < 1.29 is 15.0 Å². The van der Waals surface area contributed by atoms with Gasteiger partial charge in [0.05, 0.1) is 0 Å². The molecule has 0 fully saturated rings. The highest BCUT2D eigenvalue weighted by Gasteiger charge is 2.08. The number of hydrogen-bond donors (Lipinski definition) is 2. The molecule has 0 bridgehead atoms. The van der Waals surface area contributed by atoms with E-state index < -0.39 is 0 Å². The van der Waals surface area contributed by atoms with Crippen molar-refractivity contribution in [1.29, 1.82) is 0 Å². The lowest BCUT2D eigenvalue weighted by Gasteiger charge is -2.05. The topological polar surface area (TPSA) is 57.5 Å². The maximum absolute atomic E-state index is 11.4. The van der Waals surface area contributed by atoms with Crippen LogP contribution in [-0.4, -0.2) is 16.0 Å². The normalized spacial score (nSPS) is 10.6. The smallest absolute Gasteiger partial charge is 0.157 e. The molecule has 3 nitrogen and oxygen atoms in total. The summed E-state index contributed by atoms with van der Waals surface area (Å²) in [4.78, 5) is 11.4. The Morgan fingerprint density at radius 1 is 1.27 bits per heavy atom. The van der Waals surface area contributed by atoms with E-state index in [1.54, 1.807) is 6.07 Å². The van der Waals surface area contributed by atoms with Crippen molar-refractivity contribution in [1.82, 2.24) is 0 Å². The standard InChI is InChI=1S/C12H16O3/c1-8(2)10(13)5-3-9-4-6-11(14)12(15)7-9/h4,6-8,14-15H,3,5H2,1-2H3. The molecular formula is C12H16O3. The van der Waals surface area contributed by atoms with Crippen LogP contribution < -0.4 is 0 Å². The summed E-state index contributed by atoms with van der Waals surface area (Å²) in [6.07, 6.45) is 1.08. The second-order valence-corrected chi connectivity index (χ2v) is 3.94. The third-order valence-corrected chi connectivity index (χ3v) is 2.34. The summed E-state index contributed by atoms with van der Waals surface area (Å²) in [5.41, 5.74) is 0.860. The molecule has 3 heteroatoms. The minimum absolute atomic E-state index is 0.0516. The SMILES string of the molecule is CC(C)C(=O)CCc1ccc(O)c(O)c1. The van der Waals surface area contributed by atoms with Crippen LogP contribution in [0.4, 0.5) is 0 Å². The van der Waals surface area contributed by atoms with Crippen molar-refractivity contribution in [3.8, 4) is 11.5 Å². The van der Waals surface area contributed by atoms with Crippen molar-refractivity contribution >= 4 is 5.78 Å². The van der Waals surface area contributed by atoms with Gasteiger partial charge in [-0.1, -0.05) is 19.9 Å². The fraction of sp³-hybridized carbons (Fsp3) is 0.417. The van der Waals surface area contributed by atoms with Gasteiger partial charge in [-0.25, -0.2) is 0 Å². The number of aryl methyl sites for hydroxylation is 1. The molecule has 0 aromatic heterocycles. The van der Waals surface area contributed by atoms with Gasteiger partial charge in [0.1, 0.15) is 5.78 Å². The van der Waals surface area contributed by atoms with Gasteiger partial charge in [0.25, 0.3) is 0 Å². The predicted molar refractivity (Wildman–Crippen MR) is 57.9 cm³/mol. The van der Waals surface area contributed by atoms with Gasteiger partial charge in [-0.15, -0.1) is 0 Å². The van der Waals surface area contributed by atoms with E-state index in [2.05, 4.69) is 0 Å². The van der Waals surface area contributed by atoms with Crippen LogP contribution in [0, 0.1) is 5.92 Å². The quantitative estimate of drug-likeness (QED) is 0.746. The van der Waals surface area contributed by atoms with Crippen molar-refractivity contribution in [2.24, 2.45) is 5.92 Å². The molecule has 1 aromatic carbocycles. The lowest BCUT2D eigenvalue weighted by Crippen LogP contribution is -2.07. The monoisotopic (exact) mass is 208 g/mol. The number of ketones is 1. The number of aromatic hydroxyl groups is 2. The maximum Gasteiger partial charge on any atom is 0.157 e. The first-order valence-electron chi connectivity index (χ1n) is 5.04. The van der Waals surface area contributed by atoms with Crippen LogP contribution in [-0.2, 0) is 11.2 Å². The Bertz CT molecular complexity index is 356. The molecule has 0 atom stereocenters. The molecule has 0 saturated heterocycles. The first-order chi connectivity index (χ1) is 7.00. The molecule has 15 heavy (non-hydrogen) atoms. The first kappa shape index (κ1) is 11.6. The Kier molecular flexibility index (Phi) is 3.72. The van der Waals surface area contributed by atoms with E-state index in [1.807, 2.05) is 13.8 Å². The lowest BCUT2D eigenvalue weighted by atomic mass is 10.0. The summed E-state index contributed by atoms with van der Waals surface area (Å²) in [5.74, 6) is -0.00305. The van der Waals surface area contributed by atoms with E-state index in [1.165, 1.54) is 12.1 Å². The van der Waals surface area contributed by atoms with Gasteiger partial charge in [-0.05, 0) is 24.1 Å². The first-order valence-corrected chi connectivity index (χ1v) is 5.04. The summed E-state index contributed by atoms with van der Waals surface area (Å²) < 4.78 is 0. The van der Waals surface area contributed by atoms with Gasteiger partial charge in [0.2, 0.25) is 0 Å². The minimum Gasteiger partial charge on any atom is -0.504 e. The Morgan fingerprint density at radius 2 is 1.93 bits per heavy atom. The maximum atomic E-state index is 11.4. The van der Waals surface area contributed by atoms with Crippen LogP contribution in [0.3, 0.4) is 0 Å². The summed E-state index contributed by atoms with van der Waals surface area (Å²) in [7, 11) is 0. The predicted octanol–water partition coefficient (Wildman–Crippen LogP) is 2.26. The number of Topliss-reactive ketones (excluding diaryl/α,β-unsaturated/α-hetero) is 1. The average Bonchev–Trinajstić information content (AvgIpc) is 2.19. The Balaban J connectivity index is 2.58. The zero-order valence-corrected chi connectivity index (χ0v) is 9.03. The van der Waals surface area contributed by atoms with Crippen molar-refractivity contribution in [2.75, 3.05) is 0 Å². The van der Waals surface area contributed by atoms with E-state index in [0.717, 1.165) is 5.56 Å². The van der Waals surface area contributed by atoms with Gasteiger partial charge < -0.3 is 10.2 Å². The van der Waals surface area contributed by atoms with Gasteiger partial charge in [-0.3, -0.25) is 4.79 Å². The van der Waals surface area contributed by atoms with E-state index in [-0.39, 0.29) is 23.2 Å². The van der Waals surface area contributed by atoms with Gasteiger partial charge in [-0.2, -0.15) is 0 Å².